The van der Waals surface area contributed by atoms with Gasteiger partial charge in [0.1, 0.15) is 6.61 Å². The van der Waals surface area contributed by atoms with E-state index in [-0.39, 0.29) is 5.56 Å². The lowest BCUT2D eigenvalue weighted by molar-refractivity contribution is 0.298. The number of aryl methyl sites for hydroxylation is 1. The van der Waals surface area contributed by atoms with Crippen LogP contribution >= 0.6 is 11.6 Å². The van der Waals surface area contributed by atoms with E-state index in [0.29, 0.717) is 30.5 Å². The van der Waals surface area contributed by atoms with Crippen LogP contribution in [-0.4, -0.2) is 11.1 Å². The first-order valence-electron chi connectivity index (χ1n) is 6.97. The Hall–Kier alpha value is -1.78. The van der Waals surface area contributed by atoms with Gasteiger partial charge in [-0.05, 0) is 49.2 Å². The van der Waals surface area contributed by atoms with Crippen molar-refractivity contribution < 1.29 is 4.74 Å². The normalized spacial score (nSPS) is 10.6. The number of halogens is 1. The van der Waals surface area contributed by atoms with Gasteiger partial charge in [-0.1, -0.05) is 23.7 Å². The lowest BCUT2D eigenvalue weighted by Crippen LogP contribution is -2.21. The zero-order chi connectivity index (χ0) is 15.1. The Bertz CT molecular complexity index is 640. The summed E-state index contributed by atoms with van der Waals surface area (Å²) in [6.07, 6.45) is 3.55. The summed E-state index contributed by atoms with van der Waals surface area (Å²) in [5.74, 6) is 0.352. The summed E-state index contributed by atoms with van der Waals surface area (Å²) in [6.45, 7) is 1.62. The number of ether oxygens (including phenoxy) is 1. The SMILES string of the molecule is NCCCCn1cccc(OCc2cccc(Cl)c2)c1=O. The van der Waals surface area contributed by atoms with Gasteiger partial charge in [-0.3, -0.25) is 4.79 Å². The molecule has 0 saturated carbocycles. The van der Waals surface area contributed by atoms with E-state index < -0.39 is 0 Å². The molecule has 1 heterocycles. The Labute approximate surface area is 129 Å². The number of hydrogen-bond acceptors (Lipinski definition) is 3. The molecule has 2 N–H and O–H groups in total. The largest absolute Gasteiger partial charge is 0.483 e. The first-order chi connectivity index (χ1) is 10.2. The van der Waals surface area contributed by atoms with Crippen LogP contribution in [0.5, 0.6) is 5.75 Å². The summed E-state index contributed by atoms with van der Waals surface area (Å²) < 4.78 is 7.26. The van der Waals surface area contributed by atoms with Gasteiger partial charge in [0.15, 0.2) is 5.75 Å². The number of hydrogen-bond donors (Lipinski definition) is 1. The van der Waals surface area contributed by atoms with E-state index in [1.54, 1.807) is 22.9 Å². The molecule has 5 heteroatoms. The van der Waals surface area contributed by atoms with E-state index in [9.17, 15) is 4.79 Å². The smallest absolute Gasteiger partial charge is 0.292 e. The third-order valence-corrected chi connectivity index (χ3v) is 3.36. The molecule has 0 amide bonds. The number of aromatic nitrogens is 1. The minimum Gasteiger partial charge on any atom is -0.483 e. The van der Waals surface area contributed by atoms with Crippen molar-refractivity contribution in [2.45, 2.75) is 26.0 Å². The van der Waals surface area contributed by atoms with Gasteiger partial charge in [-0.15, -0.1) is 0 Å². The maximum absolute atomic E-state index is 12.2. The average molecular weight is 307 g/mol. The van der Waals surface area contributed by atoms with E-state index in [0.717, 1.165) is 18.4 Å². The maximum atomic E-state index is 12.2. The van der Waals surface area contributed by atoms with Crippen molar-refractivity contribution >= 4 is 11.6 Å². The first kappa shape index (κ1) is 15.6. The van der Waals surface area contributed by atoms with Crippen molar-refractivity contribution in [3.05, 3.63) is 63.5 Å². The van der Waals surface area contributed by atoms with Crippen LogP contribution in [0, 0.1) is 0 Å². The lowest BCUT2D eigenvalue weighted by atomic mass is 10.2. The molecule has 0 aliphatic carbocycles. The molecule has 0 radical (unpaired) electrons. The summed E-state index contributed by atoms with van der Waals surface area (Å²) >= 11 is 5.92. The second-order valence-electron chi connectivity index (χ2n) is 4.79. The third-order valence-electron chi connectivity index (χ3n) is 3.12. The fourth-order valence-electron chi connectivity index (χ4n) is 2.02. The molecule has 0 aliphatic heterocycles. The highest BCUT2D eigenvalue weighted by molar-refractivity contribution is 6.30. The van der Waals surface area contributed by atoms with Crippen LogP contribution in [0.2, 0.25) is 5.02 Å². The van der Waals surface area contributed by atoms with Gasteiger partial charge in [-0.25, -0.2) is 0 Å². The molecule has 0 atom stereocenters. The molecule has 0 spiro atoms. The minimum absolute atomic E-state index is 0.114. The second-order valence-corrected chi connectivity index (χ2v) is 5.22. The highest BCUT2D eigenvalue weighted by Crippen LogP contribution is 2.13. The van der Waals surface area contributed by atoms with Crippen LogP contribution in [0.15, 0.2) is 47.4 Å². The maximum Gasteiger partial charge on any atom is 0.292 e. The Morgan fingerprint density at radius 3 is 2.81 bits per heavy atom. The van der Waals surface area contributed by atoms with Crippen molar-refractivity contribution in [1.82, 2.24) is 4.57 Å². The van der Waals surface area contributed by atoms with Gasteiger partial charge in [0.2, 0.25) is 0 Å². The van der Waals surface area contributed by atoms with Gasteiger partial charge < -0.3 is 15.0 Å². The monoisotopic (exact) mass is 306 g/mol. The van der Waals surface area contributed by atoms with Crippen LogP contribution < -0.4 is 16.0 Å². The molecule has 0 saturated heterocycles. The van der Waals surface area contributed by atoms with Crippen molar-refractivity contribution in [3.63, 3.8) is 0 Å². The topological polar surface area (TPSA) is 57.2 Å². The van der Waals surface area contributed by atoms with E-state index in [2.05, 4.69) is 0 Å². The van der Waals surface area contributed by atoms with E-state index in [1.807, 2.05) is 24.3 Å². The number of unbranched alkanes of at least 4 members (excludes halogenated alkanes) is 1. The van der Waals surface area contributed by atoms with Gasteiger partial charge in [0, 0.05) is 17.8 Å². The van der Waals surface area contributed by atoms with E-state index in [4.69, 9.17) is 22.1 Å². The fraction of sp³-hybridized carbons (Fsp3) is 0.312. The summed E-state index contributed by atoms with van der Waals surface area (Å²) in [5, 5.41) is 0.656. The fourth-order valence-corrected chi connectivity index (χ4v) is 2.23. The molecule has 112 valence electrons. The molecular weight excluding hydrogens is 288 g/mol. The predicted octanol–water partition coefficient (Wildman–Crippen LogP) is 2.82. The summed E-state index contributed by atoms with van der Waals surface area (Å²) in [7, 11) is 0. The van der Waals surface area contributed by atoms with E-state index in [1.165, 1.54) is 0 Å². The number of benzene rings is 1. The second kappa shape index (κ2) is 7.86. The van der Waals surface area contributed by atoms with Crippen molar-refractivity contribution in [2.75, 3.05) is 6.54 Å². The number of nitrogens with zero attached hydrogens (tertiary/aromatic N) is 1. The van der Waals surface area contributed by atoms with E-state index >= 15 is 0 Å². The first-order valence-corrected chi connectivity index (χ1v) is 7.35. The molecule has 0 bridgehead atoms. The number of pyridine rings is 1. The molecule has 21 heavy (non-hydrogen) atoms. The zero-order valence-electron chi connectivity index (χ0n) is 11.8. The van der Waals surface area contributed by atoms with Crippen LogP contribution in [-0.2, 0) is 13.2 Å². The van der Waals surface area contributed by atoms with Crippen LogP contribution in [0.3, 0.4) is 0 Å². The van der Waals surface area contributed by atoms with Crippen LogP contribution in [0.25, 0.3) is 0 Å². The van der Waals surface area contributed by atoms with Gasteiger partial charge in [0.05, 0.1) is 0 Å². The van der Waals surface area contributed by atoms with Gasteiger partial charge >= 0.3 is 0 Å². The summed E-state index contributed by atoms with van der Waals surface area (Å²) in [5.41, 5.74) is 6.28. The molecular formula is C16H19ClN2O2. The highest BCUT2D eigenvalue weighted by atomic mass is 35.5. The van der Waals surface area contributed by atoms with Crippen molar-refractivity contribution in [1.29, 1.82) is 0 Å². The van der Waals surface area contributed by atoms with Gasteiger partial charge in [0.25, 0.3) is 5.56 Å². The number of nitrogens with two attached hydrogens (primary N) is 1. The Balaban J connectivity index is 2.03. The zero-order valence-corrected chi connectivity index (χ0v) is 12.6. The molecule has 1 aromatic heterocycles. The van der Waals surface area contributed by atoms with Gasteiger partial charge in [-0.2, -0.15) is 0 Å². The Morgan fingerprint density at radius 1 is 1.19 bits per heavy atom. The standard InChI is InChI=1S/C16H19ClN2O2/c17-14-6-3-5-13(11-14)12-21-15-7-4-10-19(16(15)20)9-2-1-8-18/h3-7,10-11H,1-2,8-9,12,18H2. The molecule has 0 unspecified atom stereocenters. The predicted molar refractivity (Wildman–Crippen MR) is 84.8 cm³/mol. The van der Waals surface area contributed by atoms with Crippen molar-refractivity contribution in [2.24, 2.45) is 5.73 Å². The summed E-state index contributed by atoms with van der Waals surface area (Å²) in [4.78, 5) is 12.2. The molecule has 0 fully saturated rings. The Kier molecular flexibility index (Phi) is 5.84. The number of rotatable bonds is 7. The molecule has 0 aliphatic rings. The highest BCUT2D eigenvalue weighted by Gasteiger charge is 2.05. The quantitative estimate of drug-likeness (QED) is 0.800. The Morgan fingerprint density at radius 2 is 2.05 bits per heavy atom. The molecule has 2 rings (SSSR count). The minimum atomic E-state index is -0.114. The molecule has 2 aromatic rings. The summed E-state index contributed by atoms with van der Waals surface area (Å²) in [6, 6.07) is 10.9. The van der Waals surface area contributed by atoms with Crippen molar-refractivity contribution in [3.8, 4) is 5.75 Å². The molecule has 4 nitrogen and oxygen atoms in total. The lowest BCUT2D eigenvalue weighted by Gasteiger charge is -2.09. The average Bonchev–Trinajstić information content (AvgIpc) is 2.48. The third kappa shape index (κ3) is 4.62. The van der Waals surface area contributed by atoms with Crippen LogP contribution in [0.4, 0.5) is 0 Å². The van der Waals surface area contributed by atoms with Crippen LogP contribution in [0.1, 0.15) is 18.4 Å². The molecule has 1 aromatic carbocycles.